The van der Waals surface area contributed by atoms with E-state index in [0.29, 0.717) is 24.5 Å². The normalized spacial score (nSPS) is 11.1. The van der Waals surface area contributed by atoms with Gasteiger partial charge in [-0.15, -0.1) is 0 Å². The molecular formula is C30H35N3O4. The summed E-state index contributed by atoms with van der Waals surface area (Å²) in [5.41, 5.74) is 5.88. The molecule has 0 spiro atoms. The molecule has 0 bridgehead atoms. The van der Waals surface area contributed by atoms with Crippen molar-refractivity contribution in [3.8, 4) is 11.5 Å². The molecule has 194 valence electrons. The van der Waals surface area contributed by atoms with Gasteiger partial charge in [0.2, 0.25) is 5.91 Å². The van der Waals surface area contributed by atoms with E-state index in [2.05, 4.69) is 13.0 Å². The molecule has 1 heterocycles. The molecule has 37 heavy (non-hydrogen) atoms. The first kappa shape index (κ1) is 26.2. The van der Waals surface area contributed by atoms with Crippen molar-refractivity contribution in [3.05, 3.63) is 83.2 Å². The molecule has 1 amide bonds. The van der Waals surface area contributed by atoms with Crippen LogP contribution in [0, 0.1) is 6.92 Å². The maximum absolute atomic E-state index is 13.9. The number of rotatable bonds is 11. The Morgan fingerprint density at radius 3 is 2.49 bits per heavy atom. The summed E-state index contributed by atoms with van der Waals surface area (Å²) in [7, 11) is 3.24. The molecule has 0 fully saturated rings. The molecule has 0 aliphatic heterocycles. The van der Waals surface area contributed by atoms with E-state index in [9.17, 15) is 4.79 Å². The number of aromatic nitrogens is 2. The summed E-state index contributed by atoms with van der Waals surface area (Å²) in [6.07, 6.45) is 1.36. The fourth-order valence-electron chi connectivity index (χ4n) is 4.67. The van der Waals surface area contributed by atoms with Crippen LogP contribution in [0.2, 0.25) is 0 Å². The van der Waals surface area contributed by atoms with Crippen LogP contribution in [0.1, 0.15) is 36.4 Å². The highest BCUT2D eigenvalue weighted by Gasteiger charge is 2.23. The molecule has 7 nitrogen and oxygen atoms in total. The van der Waals surface area contributed by atoms with Gasteiger partial charge < -0.3 is 18.8 Å². The minimum atomic E-state index is -0.0471. The molecule has 0 unspecified atom stereocenters. The lowest BCUT2D eigenvalue weighted by Gasteiger charge is -2.27. The predicted molar refractivity (Wildman–Crippen MR) is 147 cm³/mol. The van der Waals surface area contributed by atoms with E-state index in [-0.39, 0.29) is 19.2 Å². The Hall–Kier alpha value is -3.84. The Bertz CT molecular complexity index is 1380. The molecule has 0 saturated heterocycles. The van der Waals surface area contributed by atoms with Crippen LogP contribution in [0.4, 0.5) is 5.69 Å². The van der Waals surface area contributed by atoms with E-state index < -0.39 is 0 Å². The van der Waals surface area contributed by atoms with Crippen LogP contribution in [0.3, 0.4) is 0 Å². The van der Waals surface area contributed by atoms with Gasteiger partial charge in [0, 0.05) is 13.0 Å². The zero-order valence-corrected chi connectivity index (χ0v) is 22.3. The third-order valence-corrected chi connectivity index (χ3v) is 6.53. The monoisotopic (exact) mass is 501 g/mol. The Morgan fingerprint density at radius 1 is 0.973 bits per heavy atom. The second kappa shape index (κ2) is 11.9. The van der Waals surface area contributed by atoms with Crippen LogP contribution in [0.15, 0.2) is 60.7 Å². The van der Waals surface area contributed by atoms with Crippen LogP contribution in [-0.2, 0) is 28.9 Å². The quantitative estimate of drug-likeness (QED) is 0.252. The Balaban J connectivity index is 1.73. The number of ether oxygens (including phenoxy) is 3. The van der Waals surface area contributed by atoms with Gasteiger partial charge in [0.25, 0.3) is 0 Å². The number of nitrogens with zero attached hydrogens (tertiary/aromatic N) is 3. The number of imidazole rings is 1. The van der Waals surface area contributed by atoms with E-state index in [1.165, 1.54) is 0 Å². The van der Waals surface area contributed by atoms with Crippen molar-refractivity contribution in [1.82, 2.24) is 9.55 Å². The summed E-state index contributed by atoms with van der Waals surface area (Å²) in [5, 5.41) is 0. The second-order valence-corrected chi connectivity index (χ2v) is 8.85. The van der Waals surface area contributed by atoms with Crippen LogP contribution < -0.4 is 14.4 Å². The highest BCUT2D eigenvalue weighted by atomic mass is 16.5. The van der Waals surface area contributed by atoms with Gasteiger partial charge in [0.15, 0.2) is 11.5 Å². The summed E-state index contributed by atoms with van der Waals surface area (Å²) < 4.78 is 18.7. The van der Waals surface area contributed by atoms with E-state index in [0.717, 1.165) is 45.7 Å². The van der Waals surface area contributed by atoms with Gasteiger partial charge in [0.05, 0.1) is 30.9 Å². The van der Waals surface area contributed by atoms with Gasteiger partial charge in [-0.1, -0.05) is 43.3 Å². The third-order valence-electron chi connectivity index (χ3n) is 6.53. The molecule has 0 N–H and O–H groups in total. The summed E-state index contributed by atoms with van der Waals surface area (Å²) in [6, 6.07) is 19.9. The molecule has 4 rings (SSSR count). The summed E-state index contributed by atoms with van der Waals surface area (Å²) >= 11 is 0. The number of aryl methyl sites for hydroxylation is 2. The molecular weight excluding hydrogens is 466 g/mol. The molecule has 0 aliphatic carbocycles. The first-order valence-electron chi connectivity index (χ1n) is 12.6. The smallest absolute Gasteiger partial charge is 0.248 e. The highest BCUT2D eigenvalue weighted by molar-refractivity contribution is 5.95. The van der Waals surface area contributed by atoms with Crippen molar-refractivity contribution in [2.45, 2.75) is 40.2 Å². The maximum Gasteiger partial charge on any atom is 0.248 e. The van der Waals surface area contributed by atoms with E-state index in [4.69, 9.17) is 19.2 Å². The molecule has 0 saturated carbocycles. The van der Waals surface area contributed by atoms with Crippen molar-refractivity contribution in [3.63, 3.8) is 0 Å². The van der Waals surface area contributed by atoms with Crippen LogP contribution >= 0.6 is 0 Å². The number of amides is 1. The Labute approximate surface area is 218 Å². The number of anilines is 1. The van der Waals surface area contributed by atoms with Crippen molar-refractivity contribution >= 4 is 22.6 Å². The van der Waals surface area contributed by atoms with Crippen LogP contribution in [0.25, 0.3) is 11.0 Å². The van der Waals surface area contributed by atoms with E-state index in [1.54, 1.807) is 19.1 Å². The third kappa shape index (κ3) is 5.62. The van der Waals surface area contributed by atoms with Gasteiger partial charge >= 0.3 is 0 Å². The molecule has 0 atom stereocenters. The molecule has 3 aromatic carbocycles. The largest absolute Gasteiger partial charge is 0.493 e. The summed E-state index contributed by atoms with van der Waals surface area (Å²) in [4.78, 5) is 20.6. The van der Waals surface area contributed by atoms with Crippen LogP contribution in [-0.4, -0.2) is 43.0 Å². The fraction of sp³-hybridized carbons (Fsp3) is 0.333. The molecule has 0 radical (unpaired) electrons. The SMILES string of the molecule is CCOCN(C(=O)Cn1c(Cc2ccc(OC)c(OC)c2)nc2ccccc21)c1c(C)cccc1CC. The lowest BCUT2D eigenvalue weighted by molar-refractivity contribution is -0.120. The number of benzene rings is 3. The molecule has 1 aromatic heterocycles. The zero-order valence-electron chi connectivity index (χ0n) is 22.3. The van der Waals surface area contributed by atoms with Gasteiger partial charge in [-0.2, -0.15) is 0 Å². The van der Waals surface area contributed by atoms with Gasteiger partial charge in [-0.25, -0.2) is 4.98 Å². The van der Waals surface area contributed by atoms with Crippen molar-refractivity contribution in [1.29, 1.82) is 0 Å². The standard InChI is InChI=1S/C30H35N3O4/c1-6-23-12-10-11-21(3)30(23)33(20-37-7-2)29(34)19-32-25-14-9-8-13-24(25)31-28(32)18-22-15-16-26(35-4)27(17-22)36-5/h8-17H,6-7,18-20H2,1-5H3. The molecule has 7 heteroatoms. The lowest BCUT2D eigenvalue weighted by Crippen LogP contribution is -2.37. The van der Waals surface area contributed by atoms with Gasteiger partial charge in [0.1, 0.15) is 19.1 Å². The first-order chi connectivity index (χ1) is 18.0. The topological polar surface area (TPSA) is 65.8 Å². The number of carbonyl (C=O) groups excluding carboxylic acids is 1. The zero-order chi connectivity index (χ0) is 26.4. The van der Waals surface area contributed by atoms with Gasteiger partial charge in [-0.05, 0) is 61.2 Å². The predicted octanol–water partition coefficient (Wildman–Crippen LogP) is 5.54. The number of fused-ring (bicyclic) bond motifs is 1. The maximum atomic E-state index is 13.9. The van der Waals surface area contributed by atoms with Crippen LogP contribution in [0.5, 0.6) is 11.5 Å². The average molecular weight is 502 g/mol. The van der Waals surface area contributed by atoms with Crippen molar-refractivity contribution in [2.75, 3.05) is 32.5 Å². The second-order valence-electron chi connectivity index (χ2n) is 8.85. The fourth-order valence-corrected chi connectivity index (χ4v) is 4.67. The number of methoxy groups -OCH3 is 2. The van der Waals surface area contributed by atoms with E-state index in [1.807, 2.05) is 73.0 Å². The Kier molecular flexibility index (Phi) is 8.46. The van der Waals surface area contributed by atoms with Crippen molar-refractivity contribution in [2.24, 2.45) is 0 Å². The number of hydrogen-bond donors (Lipinski definition) is 0. The summed E-state index contributed by atoms with van der Waals surface area (Å²) in [5.74, 6) is 2.09. The highest BCUT2D eigenvalue weighted by Crippen LogP contribution is 2.30. The number of para-hydroxylation sites is 3. The van der Waals surface area contributed by atoms with Crippen molar-refractivity contribution < 1.29 is 19.0 Å². The lowest BCUT2D eigenvalue weighted by atomic mass is 10.0. The summed E-state index contributed by atoms with van der Waals surface area (Å²) in [6.45, 7) is 6.95. The average Bonchev–Trinajstić information content (AvgIpc) is 3.25. The molecule has 4 aromatic rings. The van der Waals surface area contributed by atoms with E-state index >= 15 is 0 Å². The first-order valence-corrected chi connectivity index (χ1v) is 12.6. The minimum Gasteiger partial charge on any atom is -0.493 e. The number of hydrogen-bond acceptors (Lipinski definition) is 5. The minimum absolute atomic E-state index is 0.0471. The number of carbonyl (C=O) groups is 1. The van der Waals surface area contributed by atoms with Gasteiger partial charge in [-0.3, -0.25) is 9.69 Å². The Morgan fingerprint density at radius 2 is 1.76 bits per heavy atom. The molecule has 0 aliphatic rings.